The first-order valence-electron chi connectivity index (χ1n) is 10.3. The summed E-state index contributed by atoms with van der Waals surface area (Å²) in [5.41, 5.74) is 1.21. The van der Waals surface area contributed by atoms with Crippen molar-refractivity contribution >= 4 is 17.5 Å². The van der Waals surface area contributed by atoms with Crippen LogP contribution >= 0.6 is 0 Å². The molecule has 2 unspecified atom stereocenters. The largest absolute Gasteiger partial charge is 0.494 e. The van der Waals surface area contributed by atoms with Crippen LogP contribution in [0.2, 0.25) is 0 Å². The molecule has 2 aromatic rings. The van der Waals surface area contributed by atoms with Gasteiger partial charge in [-0.3, -0.25) is 14.4 Å². The van der Waals surface area contributed by atoms with Gasteiger partial charge in [-0.25, -0.2) is 4.39 Å². The summed E-state index contributed by atoms with van der Waals surface area (Å²) >= 11 is 0. The van der Waals surface area contributed by atoms with Crippen molar-refractivity contribution in [2.75, 3.05) is 33.8 Å². The summed E-state index contributed by atoms with van der Waals surface area (Å²) in [4.78, 5) is 42.4. The SMILES string of the molecule is CCOc1ccc(C(=O)C2C(=O)C(=O)N(CCN(C)C)C2c2ccccc2F)cc1C. The molecule has 0 aromatic heterocycles. The predicted octanol–water partition coefficient (Wildman–Crippen LogP) is 3.05. The number of likely N-dealkylation sites (tertiary alicyclic amines) is 1. The monoisotopic (exact) mass is 426 g/mol. The number of likely N-dealkylation sites (N-methyl/N-ethyl adjacent to an activating group) is 1. The summed E-state index contributed by atoms with van der Waals surface area (Å²) in [6, 6.07) is 9.89. The van der Waals surface area contributed by atoms with Crippen LogP contribution in [0.3, 0.4) is 0 Å². The Morgan fingerprint density at radius 2 is 1.87 bits per heavy atom. The van der Waals surface area contributed by atoms with Gasteiger partial charge in [0, 0.05) is 24.2 Å². The lowest BCUT2D eigenvalue weighted by Gasteiger charge is -2.28. The first kappa shape index (κ1) is 22.6. The van der Waals surface area contributed by atoms with Gasteiger partial charge in [0.1, 0.15) is 17.5 Å². The van der Waals surface area contributed by atoms with Crippen LogP contribution in [0.1, 0.15) is 34.5 Å². The zero-order valence-corrected chi connectivity index (χ0v) is 18.2. The number of carbonyl (C=O) groups excluding carboxylic acids is 3. The number of ether oxygens (including phenoxy) is 1. The Hall–Kier alpha value is -3.06. The van der Waals surface area contributed by atoms with Crippen molar-refractivity contribution < 1.29 is 23.5 Å². The molecule has 3 rings (SSSR count). The average Bonchev–Trinajstić information content (AvgIpc) is 2.98. The predicted molar refractivity (Wildman–Crippen MR) is 115 cm³/mol. The van der Waals surface area contributed by atoms with Gasteiger partial charge in [-0.05, 0) is 57.8 Å². The quantitative estimate of drug-likeness (QED) is 0.369. The van der Waals surface area contributed by atoms with E-state index in [4.69, 9.17) is 4.74 Å². The maximum Gasteiger partial charge on any atom is 0.291 e. The van der Waals surface area contributed by atoms with Crippen LogP contribution in [0.25, 0.3) is 0 Å². The minimum atomic E-state index is -1.30. The Labute approximate surface area is 181 Å². The molecule has 1 saturated heterocycles. The first-order valence-corrected chi connectivity index (χ1v) is 10.3. The topological polar surface area (TPSA) is 66.9 Å². The van der Waals surface area contributed by atoms with E-state index >= 15 is 0 Å². The number of hydrogen-bond acceptors (Lipinski definition) is 5. The molecule has 31 heavy (non-hydrogen) atoms. The fourth-order valence-electron chi connectivity index (χ4n) is 3.90. The minimum absolute atomic E-state index is 0.168. The third-order valence-corrected chi connectivity index (χ3v) is 5.46. The Bertz CT molecular complexity index is 1000. The van der Waals surface area contributed by atoms with Crippen molar-refractivity contribution in [3.63, 3.8) is 0 Å². The third-order valence-electron chi connectivity index (χ3n) is 5.46. The lowest BCUT2D eigenvalue weighted by Crippen LogP contribution is -2.36. The molecule has 6 nitrogen and oxygen atoms in total. The number of hydrogen-bond donors (Lipinski definition) is 0. The highest BCUT2D eigenvalue weighted by molar-refractivity contribution is 6.44. The van der Waals surface area contributed by atoms with Gasteiger partial charge in [0.15, 0.2) is 5.78 Å². The van der Waals surface area contributed by atoms with E-state index in [-0.39, 0.29) is 12.1 Å². The van der Waals surface area contributed by atoms with Gasteiger partial charge in [0.05, 0.1) is 12.6 Å². The summed E-state index contributed by atoms with van der Waals surface area (Å²) in [6.45, 7) is 4.85. The van der Waals surface area contributed by atoms with Crippen LogP contribution in [-0.2, 0) is 9.59 Å². The lowest BCUT2D eigenvalue weighted by molar-refractivity contribution is -0.140. The van der Waals surface area contributed by atoms with Crippen molar-refractivity contribution in [2.24, 2.45) is 5.92 Å². The second kappa shape index (κ2) is 9.39. The average molecular weight is 426 g/mol. The van der Waals surface area contributed by atoms with Crippen molar-refractivity contribution in [3.05, 3.63) is 65.0 Å². The number of benzene rings is 2. The Morgan fingerprint density at radius 3 is 2.48 bits per heavy atom. The fourth-order valence-corrected chi connectivity index (χ4v) is 3.90. The summed E-state index contributed by atoms with van der Waals surface area (Å²) in [7, 11) is 3.68. The molecule has 2 aromatic carbocycles. The molecule has 0 radical (unpaired) electrons. The van der Waals surface area contributed by atoms with Crippen molar-refractivity contribution in [1.82, 2.24) is 9.80 Å². The second-order valence-electron chi connectivity index (χ2n) is 7.89. The molecule has 0 bridgehead atoms. The van der Waals surface area contributed by atoms with Gasteiger partial charge in [-0.15, -0.1) is 0 Å². The normalized spacial score (nSPS) is 18.7. The molecule has 164 valence electrons. The van der Waals surface area contributed by atoms with Gasteiger partial charge in [0.25, 0.3) is 5.91 Å². The zero-order valence-electron chi connectivity index (χ0n) is 18.2. The number of carbonyl (C=O) groups is 3. The van der Waals surface area contributed by atoms with Crippen LogP contribution in [-0.4, -0.2) is 61.1 Å². The number of nitrogens with zero attached hydrogens (tertiary/aromatic N) is 2. The molecule has 2 atom stereocenters. The number of amides is 1. The Kier molecular flexibility index (Phi) is 6.85. The molecule has 0 saturated carbocycles. The van der Waals surface area contributed by atoms with E-state index in [2.05, 4.69) is 0 Å². The molecule has 1 aliphatic rings. The first-order chi connectivity index (χ1) is 14.8. The van der Waals surface area contributed by atoms with E-state index in [9.17, 15) is 18.8 Å². The summed E-state index contributed by atoms with van der Waals surface area (Å²) < 4.78 is 20.2. The van der Waals surface area contributed by atoms with Crippen molar-refractivity contribution in [3.8, 4) is 5.75 Å². The van der Waals surface area contributed by atoms with Gasteiger partial charge in [-0.1, -0.05) is 18.2 Å². The highest BCUT2D eigenvalue weighted by atomic mass is 19.1. The fraction of sp³-hybridized carbons (Fsp3) is 0.375. The van der Waals surface area contributed by atoms with E-state index in [1.807, 2.05) is 25.9 Å². The second-order valence-corrected chi connectivity index (χ2v) is 7.89. The number of aryl methyl sites for hydroxylation is 1. The smallest absolute Gasteiger partial charge is 0.291 e. The number of rotatable bonds is 8. The zero-order chi connectivity index (χ0) is 22.7. The van der Waals surface area contributed by atoms with Crippen molar-refractivity contribution in [2.45, 2.75) is 19.9 Å². The van der Waals surface area contributed by atoms with Crippen molar-refractivity contribution in [1.29, 1.82) is 0 Å². The molecule has 7 heteroatoms. The van der Waals surface area contributed by atoms with Gasteiger partial charge in [0.2, 0.25) is 5.78 Å². The van der Waals surface area contributed by atoms with Gasteiger partial charge >= 0.3 is 0 Å². The maximum absolute atomic E-state index is 14.7. The number of halogens is 1. The van der Waals surface area contributed by atoms with Crippen LogP contribution in [0.15, 0.2) is 42.5 Å². The Balaban J connectivity index is 2.04. The van der Waals surface area contributed by atoms with Crippen LogP contribution in [0.4, 0.5) is 4.39 Å². The molecule has 1 heterocycles. The minimum Gasteiger partial charge on any atom is -0.494 e. The van der Waals surface area contributed by atoms with Crippen LogP contribution in [0, 0.1) is 18.7 Å². The van der Waals surface area contributed by atoms with E-state index in [0.29, 0.717) is 24.5 Å². The van der Waals surface area contributed by atoms with Crippen LogP contribution < -0.4 is 4.74 Å². The van der Waals surface area contributed by atoms with Gasteiger partial charge in [-0.2, -0.15) is 0 Å². The third kappa shape index (κ3) is 4.51. The standard InChI is InChI=1S/C24H27FN2O4/c1-5-31-19-11-10-16(14-15(19)2)22(28)20-21(17-8-6-7-9-18(17)25)27(13-12-26(3)4)24(30)23(20)29/h6-11,14,20-21H,5,12-13H2,1-4H3. The van der Waals surface area contributed by atoms with Gasteiger partial charge < -0.3 is 14.5 Å². The molecule has 0 aliphatic carbocycles. The molecule has 1 fully saturated rings. The van der Waals surface area contributed by atoms with E-state index < -0.39 is 35.3 Å². The number of Topliss-reactive ketones (excluding diaryl/α,β-unsaturated/α-hetero) is 2. The Morgan fingerprint density at radius 1 is 1.16 bits per heavy atom. The van der Waals surface area contributed by atoms with E-state index in [1.54, 1.807) is 31.2 Å². The molecular formula is C24H27FN2O4. The van der Waals surface area contributed by atoms with Crippen LogP contribution in [0.5, 0.6) is 5.75 Å². The highest BCUT2D eigenvalue weighted by Gasteiger charge is 2.52. The summed E-state index contributed by atoms with van der Waals surface area (Å²) in [5, 5.41) is 0. The summed E-state index contributed by atoms with van der Waals surface area (Å²) in [6.07, 6.45) is 0. The molecular weight excluding hydrogens is 399 g/mol. The van der Waals surface area contributed by atoms with E-state index in [1.165, 1.54) is 23.1 Å². The maximum atomic E-state index is 14.7. The molecule has 1 aliphatic heterocycles. The van der Waals surface area contributed by atoms with E-state index in [0.717, 1.165) is 5.56 Å². The molecule has 0 N–H and O–H groups in total. The molecule has 0 spiro atoms. The highest BCUT2D eigenvalue weighted by Crippen LogP contribution is 2.39. The molecule has 1 amide bonds. The lowest BCUT2D eigenvalue weighted by atomic mass is 9.85. The number of ketones is 2. The summed E-state index contributed by atoms with van der Waals surface area (Å²) in [5.74, 6) is -3.26.